The van der Waals surface area contributed by atoms with Crippen LogP contribution in [-0.2, 0) is 0 Å². The van der Waals surface area contributed by atoms with E-state index in [1.807, 2.05) is 0 Å². The Bertz CT molecular complexity index is 167. The first kappa shape index (κ1) is 12.9. The molecule has 0 aliphatic carbocycles. The smallest absolute Gasteiger partial charge is 0.0468 e. The first-order valence-electron chi connectivity index (χ1n) is 6.16. The van der Waals surface area contributed by atoms with Crippen molar-refractivity contribution in [2.45, 2.75) is 32.7 Å². The minimum Gasteiger partial charge on any atom is -0.396 e. The quantitative estimate of drug-likeness (QED) is 0.715. The van der Waals surface area contributed by atoms with E-state index in [0.29, 0.717) is 12.0 Å². The average molecular weight is 214 g/mol. The van der Waals surface area contributed by atoms with E-state index in [4.69, 9.17) is 5.11 Å². The maximum absolute atomic E-state index is 8.95. The molecular weight excluding hydrogens is 188 g/mol. The topological polar surface area (TPSA) is 35.5 Å². The molecule has 0 aromatic rings. The maximum atomic E-state index is 8.95. The summed E-state index contributed by atoms with van der Waals surface area (Å²) in [6.45, 7) is 8.03. The number of rotatable bonds is 5. The van der Waals surface area contributed by atoms with Crippen LogP contribution in [0.2, 0.25) is 0 Å². The van der Waals surface area contributed by atoms with Crippen LogP contribution in [0.15, 0.2) is 0 Å². The second-order valence-electron chi connectivity index (χ2n) is 5.13. The van der Waals surface area contributed by atoms with Crippen LogP contribution in [0.3, 0.4) is 0 Å². The molecule has 0 bridgehead atoms. The first-order valence-corrected chi connectivity index (χ1v) is 6.16. The summed E-state index contributed by atoms with van der Waals surface area (Å²) >= 11 is 0. The molecule has 15 heavy (non-hydrogen) atoms. The largest absolute Gasteiger partial charge is 0.396 e. The third-order valence-electron chi connectivity index (χ3n) is 3.57. The van der Waals surface area contributed by atoms with Gasteiger partial charge in [-0.2, -0.15) is 0 Å². The molecule has 0 aromatic heterocycles. The fraction of sp³-hybridized carbons (Fsp3) is 1.00. The van der Waals surface area contributed by atoms with Crippen molar-refractivity contribution in [1.82, 2.24) is 10.2 Å². The van der Waals surface area contributed by atoms with Crippen LogP contribution in [0.4, 0.5) is 0 Å². The van der Waals surface area contributed by atoms with Gasteiger partial charge in [0.15, 0.2) is 0 Å². The summed E-state index contributed by atoms with van der Waals surface area (Å²) in [5.41, 5.74) is 0. The lowest BCUT2D eigenvalue weighted by Gasteiger charge is -2.33. The van der Waals surface area contributed by atoms with E-state index in [-0.39, 0.29) is 6.61 Å². The Labute approximate surface area is 93.9 Å². The zero-order valence-corrected chi connectivity index (χ0v) is 10.4. The highest BCUT2D eigenvalue weighted by molar-refractivity contribution is 4.78. The minimum absolute atomic E-state index is 0.285. The number of nitrogens with zero attached hydrogens (tertiary/aromatic N) is 1. The van der Waals surface area contributed by atoms with Gasteiger partial charge in [-0.3, -0.25) is 0 Å². The van der Waals surface area contributed by atoms with E-state index in [9.17, 15) is 0 Å². The van der Waals surface area contributed by atoms with Crippen molar-refractivity contribution in [2.24, 2.45) is 11.8 Å². The maximum Gasteiger partial charge on any atom is 0.0468 e. The lowest BCUT2D eigenvalue weighted by molar-refractivity contribution is 0.180. The van der Waals surface area contributed by atoms with Crippen molar-refractivity contribution < 1.29 is 5.11 Å². The van der Waals surface area contributed by atoms with Crippen molar-refractivity contribution in [3.63, 3.8) is 0 Å². The molecular formula is C12H26N2O. The van der Waals surface area contributed by atoms with Crippen molar-refractivity contribution in [2.75, 3.05) is 33.3 Å². The molecule has 1 heterocycles. The zero-order chi connectivity index (χ0) is 11.3. The van der Waals surface area contributed by atoms with Crippen LogP contribution < -0.4 is 5.32 Å². The Kier molecular flexibility index (Phi) is 5.58. The highest BCUT2D eigenvalue weighted by Gasteiger charge is 2.21. The standard InChI is InChI=1S/C12H26N2O/c1-10(9-15)8-13-11(2)12-4-6-14(3)7-5-12/h10-13,15H,4-9H2,1-3H3. The summed E-state index contributed by atoms with van der Waals surface area (Å²) in [5, 5.41) is 12.5. The molecule has 0 saturated carbocycles. The van der Waals surface area contributed by atoms with Gasteiger partial charge in [0.05, 0.1) is 0 Å². The third kappa shape index (κ3) is 4.49. The molecule has 1 rings (SSSR count). The molecule has 2 N–H and O–H groups in total. The Balaban J connectivity index is 2.19. The fourth-order valence-electron chi connectivity index (χ4n) is 2.15. The molecule has 1 aliphatic rings. The van der Waals surface area contributed by atoms with Crippen LogP contribution in [-0.4, -0.2) is 49.3 Å². The lowest BCUT2D eigenvalue weighted by atomic mass is 9.90. The highest BCUT2D eigenvalue weighted by atomic mass is 16.3. The molecule has 0 spiro atoms. The predicted octanol–water partition coefficient (Wildman–Crippen LogP) is 0.935. The van der Waals surface area contributed by atoms with Crippen molar-refractivity contribution in [3.8, 4) is 0 Å². The van der Waals surface area contributed by atoms with E-state index in [0.717, 1.165) is 12.5 Å². The number of hydrogen-bond donors (Lipinski definition) is 2. The van der Waals surface area contributed by atoms with Crippen LogP contribution in [0, 0.1) is 11.8 Å². The molecule has 0 radical (unpaired) electrons. The Morgan fingerprint density at radius 2 is 1.93 bits per heavy atom. The number of aliphatic hydroxyl groups excluding tert-OH is 1. The van der Waals surface area contributed by atoms with Gasteiger partial charge in [-0.25, -0.2) is 0 Å². The zero-order valence-electron chi connectivity index (χ0n) is 10.4. The van der Waals surface area contributed by atoms with E-state index in [2.05, 4.69) is 31.1 Å². The van der Waals surface area contributed by atoms with Crippen LogP contribution in [0.1, 0.15) is 26.7 Å². The fourth-order valence-corrected chi connectivity index (χ4v) is 2.15. The van der Waals surface area contributed by atoms with Gasteiger partial charge in [-0.05, 0) is 51.7 Å². The summed E-state index contributed by atoms with van der Waals surface area (Å²) in [4.78, 5) is 2.40. The summed E-state index contributed by atoms with van der Waals surface area (Å²) in [6.07, 6.45) is 2.61. The van der Waals surface area contributed by atoms with Gasteiger partial charge >= 0.3 is 0 Å². The minimum atomic E-state index is 0.285. The summed E-state index contributed by atoms with van der Waals surface area (Å²) in [6, 6.07) is 0.590. The summed E-state index contributed by atoms with van der Waals surface area (Å²) in [5.74, 6) is 1.19. The van der Waals surface area contributed by atoms with E-state index in [1.54, 1.807) is 0 Å². The van der Waals surface area contributed by atoms with Gasteiger partial charge < -0.3 is 15.3 Å². The van der Waals surface area contributed by atoms with Gasteiger partial charge in [0, 0.05) is 19.2 Å². The Morgan fingerprint density at radius 3 is 2.47 bits per heavy atom. The molecule has 3 heteroatoms. The number of nitrogens with one attached hydrogen (secondary N) is 1. The SMILES string of the molecule is CC(CO)CNC(C)C1CCN(C)CC1. The van der Waals surface area contributed by atoms with Gasteiger partial charge in [-0.1, -0.05) is 6.92 Å². The number of aliphatic hydroxyl groups is 1. The Hall–Kier alpha value is -0.120. The molecule has 0 amide bonds. The first-order chi connectivity index (χ1) is 7.13. The Morgan fingerprint density at radius 1 is 1.33 bits per heavy atom. The van der Waals surface area contributed by atoms with Crippen LogP contribution >= 0.6 is 0 Å². The van der Waals surface area contributed by atoms with E-state index < -0.39 is 0 Å². The lowest BCUT2D eigenvalue weighted by Crippen LogP contribution is -2.42. The van der Waals surface area contributed by atoms with Crippen molar-refractivity contribution in [1.29, 1.82) is 0 Å². The normalized spacial score (nSPS) is 24.0. The molecule has 1 fully saturated rings. The monoisotopic (exact) mass is 214 g/mol. The summed E-state index contributed by atoms with van der Waals surface area (Å²) in [7, 11) is 2.20. The molecule has 1 aliphatic heterocycles. The van der Waals surface area contributed by atoms with Crippen molar-refractivity contribution >= 4 is 0 Å². The molecule has 0 aromatic carbocycles. The van der Waals surface area contributed by atoms with Crippen LogP contribution in [0.25, 0.3) is 0 Å². The number of hydrogen-bond acceptors (Lipinski definition) is 3. The molecule has 1 saturated heterocycles. The van der Waals surface area contributed by atoms with E-state index >= 15 is 0 Å². The number of likely N-dealkylation sites (tertiary alicyclic amines) is 1. The average Bonchev–Trinajstić information content (AvgIpc) is 2.26. The van der Waals surface area contributed by atoms with Crippen molar-refractivity contribution in [3.05, 3.63) is 0 Å². The van der Waals surface area contributed by atoms with Gasteiger partial charge in [0.1, 0.15) is 0 Å². The third-order valence-corrected chi connectivity index (χ3v) is 3.57. The molecule has 90 valence electrons. The second-order valence-corrected chi connectivity index (χ2v) is 5.13. The number of piperidine rings is 1. The molecule has 2 unspecified atom stereocenters. The van der Waals surface area contributed by atoms with E-state index in [1.165, 1.54) is 25.9 Å². The van der Waals surface area contributed by atoms with Gasteiger partial charge in [0.2, 0.25) is 0 Å². The molecule has 2 atom stereocenters. The van der Waals surface area contributed by atoms with Gasteiger partial charge in [0.25, 0.3) is 0 Å². The highest BCUT2D eigenvalue weighted by Crippen LogP contribution is 2.19. The summed E-state index contributed by atoms with van der Waals surface area (Å²) < 4.78 is 0. The molecule has 3 nitrogen and oxygen atoms in total. The van der Waals surface area contributed by atoms with Crippen LogP contribution in [0.5, 0.6) is 0 Å². The van der Waals surface area contributed by atoms with Gasteiger partial charge in [-0.15, -0.1) is 0 Å². The second kappa shape index (κ2) is 6.46. The predicted molar refractivity (Wildman–Crippen MR) is 63.9 cm³/mol.